The maximum atomic E-state index is 14.2. The van der Waals surface area contributed by atoms with Gasteiger partial charge in [-0.15, -0.1) is 5.10 Å². The lowest BCUT2D eigenvalue weighted by molar-refractivity contribution is -0.113. The third kappa shape index (κ3) is 4.94. The topological polar surface area (TPSA) is 99.8 Å². The maximum absolute atomic E-state index is 14.2. The number of rotatable bonds is 8. The summed E-state index contributed by atoms with van der Waals surface area (Å²) in [7, 11) is 1.62. The van der Waals surface area contributed by atoms with Crippen LogP contribution < -0.4 is 10.1 Å². The zero-order valence-corrected chi connectivity index (χ0v) is 18.2. The van der Waals surface area contributed by atoms with Crippen LogP contribution in [-0.4, -0.2) is 48.8 Å². The highest BCUT2D eigenvalue weighted by molar-refractivity contribution is 7.99. The fraction of sp³-hybridized carbons (Fsp3) is 0.190. The highest BCUT2D eigenvalue weighted by Gasteiger charge is 2.15. The van der Waals surface area contributed by atoms with Crippen LogP contribution in [0.1, 0.15) is 11.1 Å². The number of tetrazole rings is 1. The number of thioether (sulfide) groups is 1. The largest absolute Gasteiger partial charge is 0.497 e. The summed E-state index contributed by atoms with van der Waals surface area (Å²) in [5.41, 5.74) is 2.12. The van der Waals surface area contributed by atoms with Gasteiger partial charge in [-0.1, -0.05) is 30.0 Å². The van der Waals surface area contributed by atoms with Gasteiger partial charge in [-0.05, 0) is 52.7 Å². The second-order valence-corrected chi connectivity index (χ2v) is 7.83. The molecule has 4 rings (SSSR count). The third-order valence-corrected chi connectivity index (χ3v) is 5.50. The summed E-state index contributed by atoms with van der Waals surface area (Å²) in [4.78, 5) is 12.5. The molecule has 0 atom stereocenters. The smallest absolute Gasteiger partial charge is 0.235 e. The van der Waals surface area contributed by atoms with Crippen molar-refractivity contribution in [2.45, 2.75) is 18.6 Å². The number of anilines is 1. The fourth-order valence-corrected chi connectivity index (χ4v) is 3.67. The van der Waals surface area contributed by atoms with E-state index in [2.05, 4.69) is 25.9 Å². The van der Waals surface area contributed by atoms with Crippen molar-refractivity contribution in [3.05, 3.63) is 71.7 Å². The molecule has 32 heavy (non-hydrogen) atoms. The van der Waals surface area contributed by atoms with E-state index >= 15 is 0 Å². The van der Waals surface area contributed by atoms with Crippen molar-refractivity contribution >= 4 is 23.5 Å². The number of aromatic nitrogens is 6. The first-order chi connectivity index (χ1) is 15.5. The number of nitrogens with zero attached hydrogens (tertiary/aromatic N) is 6. The highest BCUT2D eigenvalue weighted by Crippen LogP contribution is 2.22. The molecule has 1 amide bonds. The van der Waals surface area contributed by atoms with Crippen molar-refractivity contribution in [1.82, 2.24) is 30.0 Å². The van der Waals surface area contributed by atoms with Crippen LogP contribution >= 0.6 is 11.8 Å². The first-order valence-electron chi connectivity index (χ1n) is 9.66. The van der Waals surface area contributed by atoms with E-state index in [4.69, 9.17) is 4.74 Å². The molecule has 0 aliphatic carbocycles. The summed E-state index contributed by atoms with van der Waals surface area (Å²) in [6, 6.07) is 14.0. The van der Waals surface area contributed by atoms with E-state index in [1.807, 2.05) is 31.2 Å². The number of benzene rings is 2. The van der Waals surface area contributed by atoms with Gasteiger partial charge in [0.25, 0.3) is 0 Å². The predicted octanol–water partition coefficient (Wildman–Crippen LogP) is 3.09. The monoisotopic (exact) mass is 453 g/mol. The zero-order chi connectivity index (χ0) is 22.5. The molecule has 2 aromatic carbocycles. The van der Waals surface area contributed by atoms with Crippen LogP contribution in [0.5, 0.6) is 5.75 Å². The molecule has 0 unspecified atom stereocenters. The number of halogens is 1. The van der Waals surface area contributed by atoms with E-state index < -0.39 is 5.82 Å². The first-order valence-corrected chi connectivity index (χ1v) is 10.6. The zero-order valence-electron chi connectivity index (χ0n) is 17.4. The molecule has 1 N–H and O–H groups in total. The molecule has 0 fully saturated rings. The Morgan fingerprint density at radius 2 is 2.00 bits per heavy atom. The number of carbonyl (C=O) groups is 1. The van der Waals surface area contributed by atoms with Crippen LogP contribution in [0.25, 0.3) is 5.69 Å². The summed E-state index contributed by atoms with van der Waals surface area (Å²) in [5.74, 6) is 0.674. The highest BCUT2D eigenvalue weighted by atomic mass is 32.2. The minimum atomic E-state index is -0.448. The minimum absolute atomic E-state index is 0.0432. The van der Waals surface area contributed by atoms with Gasteiger partial charge in [-0.3, -0.25) is 4.79 Å². The SMILES string of the molecule is COc1ccc(Cn2nccc2NC(=O)CSc2nnnn2-c2cc(C)ccc2F)cc1. The third-order valence-electron chi connectivity index (χ3n) is 4.58. The lowest BCUT2D eigenvalue weighted by atomic mass is 10.2. The second-order valence-electron chi connectivity index (χ2n) is 6.89. The predicted molar refractivity (Wildman–Crippen MR) is 118 cm³/mol. The molecule has 2 aromatic heterocycles. The molecule has 0 radical (unpaired) electrons. The Kier molecular flexibility index (Phi) is 6.45. The molecule has 0 bridgehead atoms. The summed E-state index contributed by atoms with van der Waals surface area (Å²) in [6.45, 7) is 2.34. The number of methoxy groups -OCH3 is 1. The van der Waals surface area contributed by atoms with Crippen molar-refractivity contribution in [2.24, 2.45) is 0 Å². The van der Waals surface area contributed by atoms with Crippen molar-refractivity contribution < 1.29 is 13.9 Å². The average Bonchev–Trinajstić information content (AvgIpc) is 3.44. The number of hydrogen-bond donors (Lipinski definition) is 1. The summed E-state index contributed by atoms with van der Waals surface area (Å²) >= 11 is 1.11. The molecule has 9 nitrogen and oxygen atoms in total. The second kappa shape index (κ2) is 9.60. The first kappa shape index (κ1) is 21.5. The van der Waals surface area contributed by atoms with Crippen LogP contribution in [0.4, 0.5) is 10.2 Å². The number of aryl methyl sites for hydroxylation is 1. The van der Waals surface area contributed by atoms with Crippen molar-refractivity contribution in [3.8, 4) is 11.4 Å². The molecule has 0 spiro atoms. The Morgan fingerprint density at radius 1 is 1.19 bits per heavy atom. The van der Waals surface area contributed by atoms with Gasteiger partial charge in [0.05, 0.1) is 25.6 Å². The van der Waals surface area contributed by atoms with E-state index in [0.717, 1.165) is 28.6 Å². The van der Waals surface area contributed by atoms with Gasteiger partial charge < -0.3 is 10.1 Å². The van der Waals surface area contributed by atoms with Gasteiger partial charge in [-0.25, -0.2) is 9.07 Å². The van der Waals surface area contributed by atoms with Gasteiger partial charge in [0, 0.05) is 6.07 Å². The van der Waals surface area contributed by atoms with E-state index in [1.54, 1.807) is 36.2 Å². The number of carbonyl (C=O) groups excluding carboxylic acids is 1. The quantitative estimate of drug-likeness (QED) is 0.409. The van der Waals surface area contributed by atoms with Gasteiger partial charge >= 0.3 is 0 Å². The summed E-state index contributed by atoms with van der Waals surface area (Å²) < 4.78 is 22.4. The molecule has 0 aliphatic rings. The Hall–Kier alpha value is -3.73. The minimum Gasteiger partial charge on any atom is -0.497 e. The molecule has 11 heteroatoms. The molecular formula is C21H20FN7O2S. The standard InChI is InChI=1S/C21H20FN7O2S/c1-14-3-8-17(22)18(11-14)29-21(25-26-27-29)32-13-20(30)24-19-9-10-23-28(19)12-15-4-6-16(31-2)7-5-15/h3-11H,12-13H2,1-2H3,(H,24,30). The molecule has 0 saturated carbocycles. The van der Waals surface area contributed by atoms with Gasteiger partial charge in [0.1, 0.15) is 23.1 Å². The van der Waals surface area contributed by atoms with Crippen LogP contribution in [0.2, 0.25) is 0 Å². The molecular weight excluding hydrogens is 433 g/mol. The summed E-state index contributed by atoms with van der Waals surface area (Å²) in [6.07, 6.45) is 1.62. The van der Waals surface area contributed by atoms with Crippen LogP contribution in [-0.2, 0) is 11.3 Å². The van der Waals surface area contributed by atoms with E-state index in [9.17, 15) is 9.18 Å². The van der Waals surface area contributed by atoms with Gasteiger partial charge in [0.15, 0.2) is 0 Å². The Bertz CT molecular complexity index is 1220. The number of nitrogens with one attached hydrogen (secondary N) is 1. The molecule has 164 valence electrons. The Balaban J connectivity index is 1.39. The molecule has 0 saturated heterocycles. The van der Waals surface area contributed by atoms with Gasteiger partial charge in [-0.2, -0.15) is 9.78 Å². The van der Waals surface area contributed by atoms with Gasteiger partial charge in [0.2, 0.25) is 11.1 Å². The van der Waals surface area contributed by atoms with Crippen molar-refractivity contribution in [2.75, 3.05) is 18.2 Å². The lowest BCUT2D eigenvalue weighted by Gasteiger charge is -2.10. The lowest BCUT2D eigenvalue weighted by Crippen LogP contribution is -2.18. The van der Waals surface area contributed by atoms with Crippen molar-refractivity contribution in [3.63, 3.8) is 0 Å². The van der Waals surface area contributed by atoms with Crippen LogP contribution in [0, 0.1) is 12.7 Å². The molecule has 0 aliphatic heterocycles. The molecule has 2 heterocycles. The van der Waals surface area contributed by atoms with Crippen LogP contribution in [0.15, 0.2) is 59.9 Å². The number of ether oxygens (including phenoxy) is 1. The molecule has 4 aromatic rings. The van der Waals surface area contributed by atoms with E-state index in [1.165, 1.54) is 10.7 Å². The number of amides is 1. The average molecular weight is 454 g/mol. The number of hydrogen-bond acceptors (Lipinski definition) is 7. The van der Waals surface area contributed by atoms with E-state index in [0.29, 0.717) is 17.5 Å². The normalized spacial score (nSPS) is 10.8. The fourth-order valence-electron chi connectivity index (χ4n) is 2.98. The maximum Gasteiger partial charge on any atom is 0.235 e. The van der Waals surface area contributed by atoms with E-state index in [-0.39, 0.29) is 17.3 Å². The van der Waals surface area contributed by atoms with Crippen LogP contribution in [0.3, 0.4) is 0 Å². The summed E-state index contributed by atoms with van der Waals surface area (Å²) in [5, 5.41) is 18.8. The Labute approximate surface area is 187 Å². The van der Waals surface area contributed by atoms with Crippen molar-refractivity contribution in [1.29, 1.82) is 0 Å². The Morgan fingerprint density at radius 3 is 2.78 bits per heavy atom.